The lowest BCUT2D eigenvalue weighted by atomic mass is 10.2. The maximum Gasteiger partial charge on any atom is 0.168 e. The van der Waals surface area contributed by atoms with Crippen molar-refractivity contribution in [3.63, 3.8) is 0 Å². The maximum absolute atomic E-state index is 5.87. The Bertz CT molecular complexity index is 579. The first-order chi connectivity index (χ1) is 8.69. The van der Waals surface area contributed by atoms with Gasteiger partial charge >= 0.3 is 0 Å². The summed E-state index contributed by atoms with van der Waals surface area (Å²) in [6.45, 7) is 4.48. The van der Waals surface area contributed by atoms with Gasteiger partial charge in [0.15, 0.2) is 11.5 Å². The minimum atomic E-state index is -0.0169. The Morgan fingerprint density at radius 2 is 2.22 bits per heavy atom. The summed E-state index contributed by atoms with van der Waals surface area (Å²) in [5.74, 6) is 1.73. The number of nitrogens with zero attached hydrogens (tertiary/aromatic N) is 4. The highest BCUT2D eigenvalue weighted by molar-refractivity contribution is 5.40. The number of hydrogen-bond donors (Lipinski definition) is 1. The van der Waals surface area contributed by atoms with E-state index in [2.05, 4.69) is 15.2 Å². The van der Waals surface area contributed by atoms with Gasteiger partial charge in [0.25, 0.3) is 0 Å². The molecule has 0 bridgehead atoms. The lowest BCUT2D eigenvalue weighted by Crippen LogP contribution is -2.19. The minimum Gasteiger partial charge on any atom is -0.366 e. The second-order valence-electron chi connectivity index (χ2n) is 4.76. The molecule has 6 nitrogen and oxygen atoms in total. The molecule has 0 radical (unpaired) electrons. The van der Waals surface area contributed by atoms with Gasteiger partial charge in [-0.1, -0.05) is 0 Å². The molecule has 1 aliphatic heterocycles. The third kappa shape index (κ3) is 1.77. The van der Waals surface area contributed by atoms with Crippen molar-refractivity contribution in [1.82, 2.24) is 19.6 Å². The van der Waals surface area contributed by atoms with Crippen molar-refractivity contribution in [3.05, 3.63) is 23.4 Å². The molecule has 96 valence electrons. The van der Waals surface area contributed by atoms with Crippen LogP contribution in [0.2, 0.25) is 0 Å². The first kappa shape index (κ1) is 11.6. The van der Waals surface area contributed by atoms with Gasteiger partial charge in [-0.2, -0.15) is 0 Å². The van der Waals surface area contributed by atoms with Gasteiger partial charge in [0.05, 0.1) is 6.10 Å². The molecule has 0 aliphatic carbocycles. The fourth-order valence-electron chi connectivity index (χ4n) is 2.54. The monoisotopic (exact) mass is 247 g/mol. The minimum absolute atomic E-state index is 0.0169. The Labute approximate surface area is 105 Å². The van der Waals surface area contributed by atoms with Gasteiger partial charge in [-0.05, 0) is 26.7 Å². The zero-order chi connectivity index (χ0) is 12.7. The van der Waals surface area contributed by atoms with Gasteiger partial charge in [0, 0.05) is 18.3 Å². The van der Waals surface area contributed by atoms with Gasteiger partial charge in [0.1, 0.15) is 11.9 Å². The highest BCUT2D eigenvalue weighted by Gasteiger charge is 2.29. The van der Waals surface area contributed by atoms with Crippen molar-refractivity contribution in [2.24, 2.45) is 5.73 Å². The molecule has 2 atom stereocenters. The molecule has 2 aromatic rings. The van der Waals surface area contributed by atoms with E-state index in [4.69, 9.17) is 10.5 Å². The average molecular weight is 247 g/mol. The Morgan fingerprint density at radius 3 is 2.94 bits per heavy atom. The largest absolute Gasteiger partial charge is 0.366 e. The van der Waals surface area contributed by atoms with E-state index < -0.39 is 0 Å². The average Bonchev–Trinajstić information content (AvgIpc) is 2.93. The fourth-order valence-corrected chi connectivity index (χ4v) is 2.54. The lowest BCUT2D eigenvalue weighted by Gasteiger charge is -2.11. The van der Waals surface area contributed by atoms with E-state index in [1.165, 1.54) is 0 Å². The van der Waals surface area contributed by atoms with E-state index in [0.717, 1.165) is 35.8 Å². The third-order valence-electron chi connectivity index (χ3n) is 3.37. The molecule has 2 aromatic heterocycles. The Hall–Kier alpha value is -1.53. The number of nitrogens with two attached hydrogens (primary N) is 1. The molecule has 2 N–H and O–H groups in total. The zero-order valence-electron chi connectivity index (χ0n) is 10.6. The Morgan fingerprint density at radius 1 is 1.39 bits per heavy atom. The molecule has 0 saturated carbocycles. The van der Waals surface area contributed by atoms with Crippen LogP contribution in [0.4, 0.5) is 0 Å². The highest BCUT2D eigenvalue weighted by Crippen LogP contribution is 2.31. The van der Waals surface area contributed by atoms with E-state index in [1.807, 2.05) is 24.3 Å². The molecule has 2 unspecified atom stereocenters. The summed E-state index contributed by atoms with van der Waals surface area (Å²) in [4.78, 5) is 4.45. The third-order valence-corrected chi connectivity index (χ3v) is 3.37. The van der Waals surface area contributed by atoms with Crippen LogP contribution in [0.25, 0.3) is 5.65 Å². The summed E-state index contributed by atoms with van der Waals surface area (Å²) in [5, 5.41) is 8.45. The standard InChI is InChI=1S/C12H17N5O/c1-7-5-11-15-16-12(17(11)8(2)14-7)10-4-3-9(6-13)18-10/h5,9-10H,3-4,6,13H2,1-2H3. The molecule has 18 heavy (non-hydrogen) atoms. The Kier molecular flexibility index (Phi) is 2.76. The van der Waals surface area contributed by atoms with E-state index in [0.29, 0.717) is 6.54 Å². The van der Waals surface area contributed by atoms with Gasteiger partial charge in [-0.15, -0.1) is 10.2 Å². The normalized spacial score (nSPS) is 23.9. The van der Waals surface area contributed by atoms with Gasteiger partial charge in [-0.25, -0.2) is 4.98 Å². The van der Waals surface area contributed by atoms with E-state index in [1.54, 1.807) is 0 Å². The van der Waals surface area contributed by atoms with Crippen molar-refractivity contribution < 1.29 is 4.74 Å². The molecule has 0 aromatic carbocycles. The summed E-state index contributed by atoms with van der Waals surface area (Å²) < 4.78 is 7.84. The van der Waals surface area contributed by atoms with Gasteiger partial charge in [-0.3, -0.25) is 4.40 Å². The molecule has 1 fully saturated rings. The van der Waals surface area contributed by atoms with Crippen LogP contribution >= 0.6 is 0 Å². The smallest absolute Gasteiger partial charge is 0.168 e. The molecule has 1 aliphatic rings. The quantitative estimate of drug-likeness (QED) is 0.853. The van der Waals surface area contributed by atoms with Crippen LogP contribution in [0.1, 0.15) is 36.3 Å². The fraction of sp³-hybridized carbons (Fsp3) is 0.583. The number of rotatable bonds is 2. The lowest BCUT2D eigenvalue weighted by molar-refractivity contribution is 0.0441. The molecule has 3 rings (SSSR count). The van der Waals surface area contributed by atoms with E-state index >= 15 is 0 Å². The second kappa shape index (κ2) is 4.29. The van der Waals surface area contributed by atoms with Crippen LogP contribution in [0.3, 0.4) is 0 Å². The summed E-state index contributed by atoms with van der Waals surface area (Å²) in [7, 11) is 0. The van der Waals surface area contributed by atoms with Crippen LogP contribution in [0, 0.1) is 13.8 Å². The SMILES string of the molecule is Cc1cc2nnc(C3CCC(CN)O3)n2c(C)n1. The van der Waals surface area contributed by atoms with E-state index in [-0.39, 0.29) is 12.2 Å². The topological polar surface area (TPSA) is 78.3 Å². The number of aryl methyl sites for hydroxylation is 2. The molecule has 0 amide bonds. The Balaban J connectivity index is 2.03. The number of fused-ring (bicyclic) bond motifs is 1. The molecule has 1 saturated heterocycles. The highest BCUT2D eigenvalue weighted by atomic mass is 16.5. The second-order valence-corrected chi connectivity index (χ2v) is 4.76. The summed E-state index contributed by atoms with van der Waals surface area (Å²) >= 11 is 0. The first-order valence-corrected chi connectivity index (χ1v) is 6.24. The van der Waals surface area contributed by atoms with Crippen molar-refractivity contribution in [2.75, 3.05) is 6.54 Å². The molecular formula is C12H17N5O. The molecule has 3 heterocycles. The van der Waals surface area contributed by atoms with Gasteiger partial charge in [0.2, 0.25) is 0 Å². The van der Waals surface area contributed by atoms with Crippen molar-refractivity contribution in [3.8, 4) is 0 Å². The van der Waals surface area contributed by atoms with Crippen molar-refractivity contribution >= 4 is 5.65 Å². The number of hydrogen-bond acceptors (Lipinski definition) is 5. The van der Waals surface area contributed by atoms with Crippen LogP contribution in [0.5, 0.6) is 0 Å². The van der Waals surface area contributed by atoms with Crippen molar-refractivity contribution in [1.29, 1.82) is 0 Å². The van der Waals surface area contributed by atoms with Crippen LogP contribution in [-0.4, -0.2) is 32.2 Å². The summed E-state index contributed by atoms with van der Waals surface area (Å²) in [5.41, 5.74) is 7.41. The summed E-state index contributed by atoms with van der Waals surface area (Å²) in [6, 6.07) is 1.93. The molecule has 6 heteroatoms. The van der Waals surface area contributed by atoms with Crippen molar-refractivity contribution in [2.45, 2.75) is 38.9 Å². The zero-order valence-corrected chi connectivity index (χ0v) is 10.6. The van der Waals surface area contributed by atoms with Crippen LogP contribution in [0.15, 0.2) is 6.07 Å². The maximum atomic E-state index is 5.87. The van der Waals surface area contributed by atoms with Crippen LogP contribution < -0.4 is 5.73 Å². The van der Waals surface area contributed by atoms with Crippen LogP contribution in [-0.2, 0) is 4.74 Å². The molecular weight excluding hydrogens is 230 g/mol. The predicted molar refractivity (Wildman–Crippen MR) is 66.2 cm³/mol. The number of ether oxygens (including phenoxy) is 1. The van der Waals surface area contributed by atoms with E-state index in [9.17, 15) is 0 Å². The number of aromatic nitrogens is 4. The van der Waals surface area contributed by atoms with Gasteiger partial charge < -0.3 is 10.5 Å². The predicted octanol–water partition coefficient (Wildman–Crippen LogP) is 0.920. The first-order valence-electron chi connectivity index (χ1n) is 6.24. The molecule has 0 spiro atoms. The summed E-state index contributed by atoms with van der Waals surface area (Å²) in [6.07, 6.45) is 2.04.